The van der Waals surface area contributed by atoms with Crippen LogP contribution in [0.4, 0.5) is 0 Å². The molecule has 0 amide bonds. The zero-order chi connectivity index (χ0) is 16.1. The van der Waals surface area contributed by atoms with Crippen LogP contribution in [0.15, 0.2) is 24.3 Å². The number of benzene rings is 1. The summed E-state index contributed by atoms with van der Waals surface area (Å²) in [6.45, 7) is 5.20. The second-order valence-electron chi connectivity index (χ2n) is 6.26. The third-order valence-electron chi connectivity index (χ3n) is 3.65. The van der Waals surface area contributed by atoms with E-state index in [-0.39, 0.29) is 11.7 Å². The summed E-state index contributed by atoms with van der Waals surface area (Å²) in [6.07, 6.45) is 1.30. The minimum absolute atomic E-state index is 0.125. The summed E-state index contributed by atoms with van der Waals surface area (Å²) in [5, 5.41) is 0. The SMILES string of the molecule is COc1ccccc1CC(CCl)CCS(=O)(=O)C(C)(C)C. The molecule has 5 heteroatoms. The van der Waals surface area contributed by atoms with Crippen LogP contribution in [0.5, 0.6) is 5.75 Å². The van der Waals surface area contributed by atoms with E-state index in [4.69, 9.17) is 16.3 Å². The van der Waals surface area contributed by atoms with E-state index in [1.807, 2.05) is 24.3 Å². The molecular formula is C16H25ClO3S. The van der Waals surface area contributed by atoms with Crippen LogP contribution in [-0.2, 0) is 16.3 Å². The summed E-state index contributed by atoms with van der Waals surface area (Å²) in [6, 6.07) is 7.78. The lowest BCUT2D eigenvalue weighted by molar-refractivity contribution is 0.405. The molecule has 0 N–H and O–H groups in total. The predicted molar refractivity (Wildman–Crippen MR) is 89.1 cm³/mol. The molecule has 1 aromatic rings. The van der Waals surface area contributed by atoms with Gasteiger partial charge in [0.1, 0.15) is 5.75 Å². The molecule has 1 aromatic carbocycles. The monoisotopic (exact) mass is 332 g/mol. The van der Waals surface area contributed by atoms with Gasteiger partial charge in [0.15, 0.2) is 9.84 Å². The highest BCUT2D eigenvalue weighted by molar-refractivity contribution is 7.92. The number of rotatable bonds is 7. The van der Waals surface area contributed by atoms with Gasteiger partial charge in [0, 0.05) is 5.88 Å². The molecule has 0 saturated heterocycles. The Labute approximate surface area is 133 Å². The van der Waals surface area contributed by atoms with Crippen LogP contribution in [0.25, 0.3) is 0 Å². The minimum Gasteiger partial charge on any atom is -0.496 e. The van der Waals surface area contributed by atoms with Crippen LogP contribution in [0.1, 0.15) is 32.8 Å². The number of sulfone groups is 1. The first-order valence-electron chi connectivity index (χ1n) is 7.11. The maximum atomic E-state index is 12.2. The number of hydrogen-bond acceptors (Lipinski definition) is 3. The number of methoxy groups -OCH3 is 1. The van der Waals surface area contributed by atoms with Crippen molar-refractivity contribution in [3.63, 3.8) is 0 Å². The fraction of sp³-hybridized carbons (Fsp3) is 0.625. The quantitative estimate of drug-likeness (QED) is 0.715. The van der Waals surface area contributed by atoms with Gasteiger partial charge in [-0.1, -0.05) is 18.2 Å². The van der Waals surface area contributed by atoms with Crippen molar-refractivity contribution in [3.8, 4) is 5.75 Å². The van der Waals surface area contributed by atoms with Crippen molar-refractivity contribution in [2.75, 3.05) is 18.7 Å². The van der Waals surface area contributed by atoms with E-state index >= 15 is 0 Å². The van der Waals surface area contributed by atoms with Crippen molar-refractivity contribution in [2.24, 2.45) is 5.92 Å². The molecule has 1 unspecified atom stereocenters. The Morgan fingerprint density at radius 2 is 1.86 bits per heavy atom. The van der Waals surface area contributed by atoms with Crippen LogP contribution >= 0.6 is 11.6 Å². The molecule has 0 heterocycles. The van der Waals surface area contributed by atoms with Crippen LogP contribution in [0, 0.1) is 5.92 Å². The zero-order valence-electron chi connectivity index (χ0n) is 13.2. The third kappa shape index (κ3) is 5.19. The van der Waals surface area contributed by atoms with Crippen LogP contribution in [0.3, 0.4) is 0 Å². The standard InChI is InChI=1S/C16H25ClO3S/c1-16(2,3)21(18,19)10-9-13(12-17)11-14-7-5-6-8-15(14)20-4/h5-8,13H,9-12H2,1-4H3. The Bertz CT molecular complexity index is 547. The van der Waals surface area contributed by atoms with Gasteiger partial charge in [0.25, 0.3) is 0 Å². The molecule has 0 fully saturated rings. The van der Waals surface area contributed by atoms with Gasteiger partial charge in [-0.15, -0.1) is 11.6 Å². The second kappa shape index (κ2) is 7.50. The maximum absolute atomic E-state index is 12.2. The molecule has 1 rings (SSSR count). The van der Waals surface area contributed by atoms with Crippen molar-refractivity contribution in [1.82, 2.24) is 0 Å². The predicted octanol–water partition coefficient (Wildman–Crippen LogP) is 3.70. The summed E-state index contributed by atoms with van der Waals surface area (Å²) in [4.78, 5) is 0. The van der Waals surface area contributed by atoms with Crippen LogP contribution in [-0.4, -0.2) is 31.9 Å². The molecule has 0 aliphatic rings. The van der Waals surface area contributed by atoms with Gasteiger partial charge in [-0.2, -0.15) is 0 Å². The third-order valence-corrected chi connectivity index (χ3v) is 6.72. The largest absolute Gasteiger partial charge is 0.496 e. The van der Waals surface area contributed by atoms with E-state index in [2.05, 4.69) is 0 Å². The van der Waals surface area contributed by atoms with Gasteiger partial charge >= 0.3 is 0 Å². The number of hydrogen-bond donors (Lipinski definition) is 0. The number of alkyl halides is 1. The van der Waals surface area contributed by atoms with E-state index in [0.717, 1.165) is 17.7 Å². The van der Waals surface area contributed by atoms with Crippen LogP contribution in [0.2, 0.25) is 0 Å². The lowest BCUT2D eigenvalue weighted by atomic mass is 9.98. The fourth-order valence-corrected chi connectivity index (χ4v) is 3.56. The van der Waals surface area contributed by atoms with Gasteiger partial charge in [0.05, 0.1) is 17.6 Å². The second-order valence-corrected chi connectivity index (χ2v) is 9.43. The molecule has 3 nitrogen and oxygen atoms in total. The molecule has 0 spiro atoms. The van der Waals surface area contributed by atoms with Crippen molar-refractivity contribution in [3.05, 3.63) is 29.8 Å². The van der Waals surface area contributed by atoms with Gasteiger partial charge in [-0.25, -0.2) is 8.42 Å². The molecule has 0 bridgehead atoms. The average molecular weight is 333 g/mol. The summed E-state index contributed by atoms with van der Waals surface area (Å²) in [5.41, 5.74) is 1.07. The van der Waals surface area contributed by atoms with Crippen molar-refractivity contribution in [1.29, 1.82) is 0 Å². The topological polar surface area (TPSA) is 43.4 Å². The lowest BCUT2D eigenvalue weighted by Crippen LogP contribution is -2.31. The summed E-state index contributed by atoms with van der Waals surface area (Å²) >= 11 is 6.02. The Morgan fingerprint density at radius 1 is 1.24 bits per heavy atom. The summed E-state index contributed by atoms with van der Waals surface area (Å²) in [7, 11) is -1.46. The number of halogens is 1. The molecular weight excluding hydrogens is 308 g/mol. The minimum atomic E-state index is -3.10. The molecule has 0 radical (unpaired) electrons. The van der Waals surface area contributed by atoms with E-state index in [1.165, 1.54) is 0 Å². The maximum Gasteiger partial charge on any atom is 0.155 e. The molecule has 0 saturated carbocycles. The number of para-hydroxylation sites is 1. The smallest absolute Gasteiger partial charge is 0.155 e. The average Bonchev–Trinajstić information content (AvgIpc) is 2.42. The van der Waals surface area contributed by atoms with E-state index in [1.54, 1.807) is 27.9 Å². The van der Waals surface area contributed by atoms with Gasteiger partial charge in [0.2, 0.25) is 0 Å². The van der Waals surface area contributed by atoms with E-state index in [0.29, 0.717) is 12.3 Å². The lowest BCUT2D eigenvalue weighted by Gasteiger charge is -2.21. The molecule has 120 valence electrons. The molecule has 0 aliphatic heterocycles. The highest BCUT2D eigenvalue weighted by atomic mass is 35.5. The van der Waals surface area contributed by atoms with Gasteiger partial charge in [-0.05, 0) is 51.2 Å². The molecule has 21 heavy (non-hydrogen) atoms. The van der Waals surface area contributed by atoms with E-state index < -0.39 is 14.6 Å². The zero-order valence-corrected chi connectivity index (χ0v) is 14.8. The first-order chi connectivity index (χ1) is 9.71. The normalized spacial score (nSPS) is 14.0. The Kier molecular flexibility index (Phi) is 6.54. The van der Waals surface area contributed by atoms with Crippen LogP contribution < -0.4 is 4.74 Å². The van der Waals surface area contributed by atoms with E-state index in [9.17, 15) is 8.42 Å². The highest BCUT2D eigenvalue weighted by Crippen LogP contribution is 2.25. The first-order valence-corrected chi connectivity index (χ1v) is 9.30. The molecule has 1 atom stereocenters. The van der Waals surface area contributed by atoms with Crippen molar-refractivity contribution >= 4 is 21.4 Å². The summed E-state index contributed by atoms with van der Waals surface area (Å²) in [5.74, 6) is 1.56. The Hall–Kier alpha value is -0.740. The highest BCUT2D eigenvalue weighted by Gasteiger charge is 2.29. The Balaban J connectivity index is 2.73. The first kappa shape index (κ1) is 18.3. The molecule has 0 aliphatic carbocycles. The Morgan fingerprint density at radius 3 is 2.38 bits per heavy atom. The fourth-order valence-electron chi connectivity index (χ4n) is 2.04. The van der Waals surface area contributed by atoms with Crippen molar-refractivity contribution in [2.45, 2.75) is 38.4 Å². The van der Waals surface area contributed by atoms with Gasteiger partial charge < -0.3 is 4.74 Å². The number of ether oxygens (including phenoxy) is 1. The van der Waals surface area contributed by atoms with Crippen molar-refractivity contribution < 1.29 is 13.2 Å². The summed E-state index contributed by atoms with van der Waals surface area (Å²) < 4.78 is 29.0. The molecule has 0 aromatic heterocycles. The van der Waals surface area contributed by atoms with Gasteiger partial charge in [-0.3, -0.25) is 0 Å².